The summed E-state index contributed by atoms with van der Waals surface area (Å²) in [4.78, 5) is 17.9. The van der Waals surface area contributed by atoms with Crippen LogP contribution in [-0.4, -0.2) is 22.3 Å². The summed E-state index contributed by atoms with van der Waals surface area (Å²) >= 11 is 5.95. The van der Waals surface area contributed by atoms with Gasteiger partial charge in [0.05, 0.1) is 42.7 Å². The van der Waals surface area contributed by atoms with Crippen LogP contribution in [0.15, 0.2) is 35.1 Å². The molecule has 0 aromatic carbocycles. The summed E-state index contributed by atoms with van der Waals surface area (Å²) in [7, 11) is 0. The van der Waals surface area contributed by atoms with Crippen molar-refractivity contribution in [2.24, 2.45) is 0 Å². The average Bonchev–Trinajstić information content (AvgIpc) is 2.98. The first-order chi connectivity index (χ1) is 10.1. The number of nitrogens with zero attached hydrogens (tertiary/aromatic N) is 3. The number of nitriles is 1. The van der Waals surface area contributed by atoms with Gasteiger partial charge in [-0.2, -0.15) is 5.26 Å². The molecule has 0 aliphatic rings. The lowest BCUT2D eigenvalue weighted by Gasteiger charge is -2.21. The minimum absolute atomic E-state index is 0.0793. The summed E-state index contributed by atoms with van der Waals surface area (Å²) in [6.45, 7) is 0.514. The highest BCUT2D eigenvalue weighted by molar-refractivity contribution is 6.32. The van der Waals surface area contributed by atoms with Crippen molar-refractivity contribution in [3.63, 3.8) is 0 Å². The second-order valence-electron chi connectivity index (χ2n) is 4.32. The summed E-state index contributed by atoms with van der Waals surface area (Å²) in [6, 6.07) is 6.97. The van der Waals surface area contributed by atoms with E-state index >= 15 is 0 Å². The van der Waals surface area contributed by atoms with Crippen molar-refractivity contribution in [3.8, 4) is 6.07 Å². The molecule has 0 radical (unpaired) electrons. The SMILES string of the molecule is N#CCCN(Cc1ccco1)C(=O)c1cc(N)cnc1Cl. The Bertz CT molecular complexity index is 664. The van der Waals surface area contributed by atoms with Crippen molar-refractivity contribution in [1.82, 2.24) is 9.88 Å². The zero-order chi connectivity index (χ0) is 15.2. The summed E-state index contributed by atoms with van der Waals surface area (Å²) in [5, 5.41) is 8.80. The first kappa shape index (κ1) is 14.9. The highest BCUT2D eigenvalue weighted by atomic mass is 35.5. The fourth-order valence-corrected chi connectivity index (χ4v) is 2.00. The van der Waals surface area contributed by atoms with Crippen molar-refractivity contribution in [2.45, 2.75) is 13.0 Å². The van der Waals surface area contributed by atoms with Gasteiger partial charge in [0.25, 0.3) is 5.91 Å². The number of nitrogens with two attached hydrogens (primary N) is 1. The molecule has 0 aliphatic carbocycles. The number of halogens is 1. The molecule has 2 rings (SSSR count). The molecule has 0 fully saturated rings. The Labute approximate surface area is 126 Å². The van der Waals surface area contributed by atoms with Gasteiger partial charge in [-0.05, 0) is 18.2 Å². The normalized spacial score (nSPS) is 10.1. The third kappa shape index (κ3) is 3.74. The van der Waals surface area contributed by atoms with Crippen molar-refractivity contribution < 1.29 is 9.21 Å². The van der Waals surface area contributed by atoms with Gasteiger partial charge in [-0.3, -0.25) is 4.79 Å². The molecule has 6 nitrogen and oxygen atoms in total. The molecule has 2 heterocycles. The van der Waals surface area contributed by atoms with Gasteiger partial charge < -0.3 is 15.1 Å². The molecule has 0 atom stereocenters. The fraction of sp³-hybridized carbons (Fsp3) is 0.214. The lowest BCUT2D eigenvalue weighted by atomic mass is 10.2. The molecular formula is C14H13ClN4O2. The Morgan fingerprint density at radius 2 is 2.38 bits per heavy atom. The molecule has 0 bridgehead atoms. The zero-order valence-electron chi connectivity index (χ0n) is 11.1. The number of aromatic nitrogens is 1. The van der Waals surface area contributed by atoms with Gasteiger partial charge in [-0.15, -0.1) is 0 Å². The van der Waals surface area contributed by atoms with E-state index in [1.807, 2.05) is 6.07 Å². The molecular weight excluding hydrogens is 292 g/mol. The van der Waals surface area contributed by atoms with Crippen molar-refractivity contribution in [1.29, 1.82) is 5.26 Å². The third-order valence-corrected chi connectivity index (χ3v) is 3.10. The highest BCUT2D eigenvalue weighted by Gasteiger charge is 2.20. The van der Waals surface area contributed by atoms with Crippen LogP contribution in [0.5, 0.6) is 0 Å². The first-order valence-electron chi connectivity index (χ1n) is 6.21. The number of furan rings is 1. The van der Waals surface area contributed by atoms with Gasteiger partial charge >= 0.3 is 0 Å². The monoisotopic (exact) mass is 304 g/mol. The van der Waals surface area contributed by atoms with Gasteiger partial charge in [-0.1, -0.05) is 11.6 Å². The van der Waals surface area contributed by atoms with Crippen LogP contribution in [-0.2, 0) is 6.54 Å². The third-order valence-electron chi connectivity index (χ3n) is 2.80. The first-order valence-corrected chi connectivity index (χ1v) is 6.59. The molecule has 0 saturated carbocycles. The molecule has 108 valence electrons. The number of rotatable bonds is 5. The number of pyridine rings is 1. The summed E-state index contributed by atoms with van der Waals surface area (Å²) in [6.07, 6.45) is 3.11. The van der Waals surface area contributed by atoms with Crippen LogP contribution in [0.4, 0.5) is 5.69 Å². The summed E-state index contributed by atoms with van der Waals surface area (Å²) in [5.41, 5.74) is 6.20. The minimum Gasteiger partial charge on any atom is -0.467 e. The predicted molar refractivity (Wildman–Crippen MR) is 77.3 cm³/mol. The maximum absolute atomic E-state index is 12.5. The van der Waals surface area contributed by atoms with Gasteiger partial charge in [0.2, 0.25) is 0 Å². The molecule has 0 saturated heterocycles. The smallest absolute Gasteiger partial charge is 0.257 e. The van der Waals surface area contributed by atoms with Crippen LogP contribution >= 0.6 is 11.6 Å². The van der Waals surface area contributed by atoms with Crippen molar-refractivity contribution in [3.05, 3.63) is 47.1 Å². The molecule has 0 spiro atoms. The molecule has 2 aromatic heterocycles. The quantitative estimate of drug-likeness (QED) is 0.856. The molecule has 21 heavy (non-hydrogen) atoms. The molecule has 0 unspecified atom stereocenters. The standard InChI is InChI=1S/C14H13ClN4O2/c15-13-12(7-10(17)8-18-13)14(20)19(5-2-4-16)9-11-3-1-6-21-11/h1,3,6-8H,2,5,9,17H2. The maximum atomic E-state index is 12.5. The van der Waals surface area contributed by atoms with Crippen molar-refractivity contribution >= 4 is 23.2 Å². The van der Waals surface area contributed by atoms with E-state index in [9.17, 15) is 4.79 Å². The summed E-state index contributed by atoms with van der Waals surface area (Å²) < 4.78 is 5.23. The van der Waals surface area contributed by atoms with Crippen LogP contribution in [0.25, 0.3) is 0 Å². The van der Waals surface area contributed by atoms with Gasteiger partial charge in [0.1, 0.15) is 10.9 Å². The minimum atomic E-state index is -0.341. The van der Waals surface area contributed by atoms with Crippen LogP contribution in [0.2, 0.25) is 5.15 Å². The molecule has 2 N–H and O–H groups in total. The van der Waals surface area contributed by atoms with E-state index in [1.54, 1.807) is 12.1 Å². The van der Waals surface area contributed by atoms with Gasteiger partial charge in [-0.25, -0.2) is 4.98 Å². The number of hydrogen-bond donors (Lipinski definition) is 1. The maximum Gasteiger partial charge on any atom is 0.257 e. The largest absolute Gasteiger partial charge is 0.467 e. The molecule has 7 heteroatoms. The summed E-state index contributed by atoms with van der Waals surface area (Å²) in [5.74, 6) is 0.278. The number of nitrogen functional groups attached to an aromatic ring is 1. The topological polar surface area (TPSA) is 96.2 Å². The number of amides is 1. The Hall–Kier alpha value is -2.52. The molecule has 2 aromatic rings. The Morgan fingerprint density at radius 3 is 3.05 bits per heavy atom. The van der Waals surface area contributed by atoms with E-state index in [2.05, 4.69) is 4.98 Å². The molecule has 0 aliphatic heterocycles. The average molecular weight is 305 g/mol. The van der Waals surface area contributed by atoms with Crippen molar-refractivity contribution in [2.75, 3.05) is 12.3 Å². The predicted octanol–water partition coefficient (Wildman–Crippen LogP) is 2.47. The van der Waals surface area contributed by atoms with E-state index in [0.29, 0.717) is 11.4 Å². The van der Waals surface area contributed by atoms with Gasteiger partial charge in [0.15, 0.2) is 0 Å². The zero-order valence-corrected chi connectivity index (χ0v) is 11.9. The van der Waals surface area contributed by atoms with E-state index < -0.39 is 0 Å². The van der Waals surface area contributed by atoms with Crippen LogP contribution in [0, 0.1) is 11.3 Å². The van der Waals surface area contributed by atoms with Crippen LogP contribution < -0.4 is 5.73 Å². The Balaban J connectivity index is 2.24. The van der Waals surface area contributed by atoms with E-state index in [-0.39, 0.29) is 36.1 Å². The second-order valence-corrected chi connectivity index (χ2v) is 4.68. The lowest BCUT2D eigenvalue weighted by molar-refractivity contribution is 0.0735. The second kappa shape index (κ2) is 6.77. The Kier molecular flexibility index (Phi) is 4.80. The number of carbonyl (C=O) groups excluding carboxylic acids is 1. The Morgan fingerprint density at radius 1 is 1.57 bits per heavy atom. The lowest BCUT2D eigenvalue weighted by Crippen LogP contribution is -2.31. The number of hydrogen-bond acceptors (Lipinski definition) is 5. The number of carbonyl (C=O) groups is 1. The van der Waals surface area contributed by atoms with E-state index in [1.165, 1.54) is 23.4 Å². The van der Waals surface area contributed by atoms with Crippen LogP contribution in [0.3, 0.4) is 0 Å². The fourth-order valence-electron chi connectivity index (χ4n) is 1.81. The molecule has 1 amide bonds. The highest BCUT2D eigenvalue weighted by Crippen LogP contribution is 2.19. The van der Waals surface area contributed by atoms with E-state index in [4.69, 9.17) is 27.0 Å². The van der Waals surface area contributed by atoms with E-state index in [0.717, 1.165) is 0 Å². The van der Waals surface area contributed by atoms with Crippen LogP contribution in [0.1, 0.15) is 22.5 Å². The van der Waals surface area contributed by atoms with Gasteiger partial charge in [0, 0.05) is 6.54 Å². The number of anilines is 1.